The second-order valence-corrected chi connectivity index (χ2v) is 26.5. The average Bonchev–Trinajstić information content (AvgIpc) is 1.58. The summed E-state index contributed by atoms with van der Waals surface area (Å²) in [5.74, 6) is -4.53. The standard InChI is InChI=1S/C58H88O29/c1-21-15-78-58(48(71)43(21)83-51-41(69)39(67)37(65)22(2)79-51)31(16-74-24(4)60)36-34(87-58)14-30-28-9-8-26-12-27(62)13-35(56(26,7)29(28)10-11-55(30,36)6)82-53-47(45(33(64)18-76-53)84-50-40(68)38(66)32(63)17-75-50)86-52-42(70)46(44(23(3)80-52)81-25(5)61)85-54-49(72)57(73,19-59)20-77-54/h8,22-23,27-54,59,62-73H,1,9-20H2,2-7H3/t22-,23+,27-,28?,29?,30?,31?,32-,33+,34+,35-,36+,37+,38+,39+,40-,41-,42-,43+,44+,45+,46+,47-,48+,49+,50+,51+,52+,53+,54+,55+,56+,57-,58?/m1/s1. The summed E-state index contributed by atoms with van der Waals surface area (Å²) >= 11 is 0. The van der Waals surface area contributed by atoms with Gasteiger partial charge in [-0.2, -0.15) is 0 Å². The first-order valence-electron chi connectivity index (χ1n) is 30.3. The third-order valence-electron chi connectivity index (χ3n) is 21.3. The summed E-state index contributed by atoms with van der Waals surface area (Å²) in [6.45, 7) is 10.9. The molecule has 1 spiro atoms. The monoisotopic (exact) mass is 1250 g/mol. The topological polar surface area (TPSA) is 426 Å². The van der Waals surface area contributed by atoms with Gasteiger partial charge in [0.2, 0.25) is 5.79 Å². The third-order valence-corrected chi connectivity index (χ3v) is 21.3. The molecular weight excluding hydrogens is 1160 g/mol. The van der Waals surface area contributed by atoms with Crippen molar-refractivity contribution in [3.8, 4) is 0 Å². The van der Waals surface area contributed by atoms with Gasteiger partial charge in [-0.15, -0.1) is 0 Å². The van der Waals surface area contributed by atoms with Crippen molar-refractivity contribution in [1.29, 1.82) is 0 Å². The number of aliphatic hydroxyl groups is 13. The maximum atomic E-state index is 12.7. The number of aliphatic hydroxyl groups excluding tert-OH is 12. The molecule has 4 aliphatic carbocycles. The molecule has 0 bridgehead atoms. The van der Waals surface area contributed by atoms with Gasteiger partial charge in [0.25, 0.3) is 0 Å². The molecule has 3 saturated carbocycles. The molecule has 10 fully saturated rings. The second kappa shape index (κ2) is 25.0. The smallest absolute Gasteiger partial charge is 0.303 e. The molecule has 7 saturated heterocycles. The predicted molar refractivity (Wildman–Crippen MR) is 285 cm³/mol. The van der Waals surface area contributed by atoms with E-state index in [1.807, 2.05) is 0 Å². The van der Waals surface area contributed by atoms with Crippen molar-refractivity contribution < 1.29 is 142 Å². The molecule has 13 N–H and O–H groups in total. The number of ether oxygens (including phenoxy) is 14. The molecule has 0 radical (unpaired) electrons. The first-order valence-corrected chi connectivity index (χ1v) is 30.3. The van der Waals surface area contributed by atoms with Gasteiger partial charge in [-0.25, -0.2) is 0 Å². The predicted octanol–water partition coefficient (Wildman–Crippen LogP) is -4.24. The lowest BCUT2D eigenvalue weighted by molar-refractivity contribution is -0.387. The Balaban J connectivity index is 0.877. The highest BCUT2D eigenvalue weighted by Crippen LogP contribution is 2.71. The van der Waals surface area contributed by atoms with Crippen molar-refractivity contribution in [3.63, 3.8) is 0 Å². The molecule has 0 aromatic carbocycles. The van der Waals surface area contributed by atoms with Crippen LogP contribution in [0.2, 0.25) is 0 Å². The van der Waals surface area contributed by atoms with Gasteiger partial charge in [-0.1, -0.05) is 32.1 Å². The largest absolute Gasteiger partial charge is 0.465 e. The van der Waals surface area contributed by atoms with E-state index in [-0.39, 0.29) is 48.9 Å². The van der Waals surface area contributed by atoms with E-state index in [1.54, 1.807) is 0 Å². The molecule has 0 aromatic rings. The number of esters is 2. The molecule has 7 aliphatic heterocycles. The molecular formula is C58H88O29. The molecule has 34 atom stereocenters. The number of hydrogen-bond donors (Lipinski definition) is 13. The average molecular weight is 1250 g/mol. The fourth-order valence-electron chi connectivity index (χ4n) is 16.6. The Bertz CT molecular complexity index is 2510. The lowest BCUT2D eigenvalue weighted by atomic mass is 9.46. The zero-order valence-electron chi connectivity index (χ0n) is 49.4. The van der Waals surface area contributed by atoms with Crippen LogP contribution in [0.5, 0.6) is 0 Å². The summed E-state index contributed by atoms with van der Waals surface area (Å²) < 4.78 is 86.6. The summed E-state index contributed by atoms with van der Waals surface area (Å²) in [7, 11) is 0. The quantitative estimate of drug-likeness (QED) is 0.0579. The number of carbonyl (C=O) groups excluding carboxylic acids is 2. The SMILES string of the molecule is C=C1COC2(O[C@H]3CC4C5CC=C6C[C@@H](O)C[C@@H](O[C@@H]7OC[C@H](O)[C@H](O[C@@H]8OC[C@@H](O)[C@H](O)[C@H]8O)[C@H]7O[C@@H]7O[C@@H](C)[C@H](OC(C)=O)[C@@H](O[C@@H]8OC[C@](O)(CO)[C@H]8O)[C@H]7O)[C@]6(C)C5CC[C@]4(C)[C@H]3C2COC(C)=O)[C@@H](O)[C@H]1O[C@@H]1O[C@H](C)[C@H](O)[C@H](O)[C@H]1O. The Labute approximate surface area is 501 Å². The first-order chi connectivity index (χ1) is 41.1. The van der Waals surface area contributed by atoms with E-state index in [0.29, 0.717) is 32.1 Å². The summed E-state index contributed by atoms with van der Waals surface area (Å²) in [4.78, 5) is 25.1. The molecule has 11 aliphatic rings. The Kier molecular flexibility index (Phi) is 19.0. The van der Waals surface area contributed by atoms with Gasteiger partial charge >= 0.3 is 11.9 Å². The number of fused-ring (bicyclic) bond motifs is 7. The van der Waals surface area contributed by atoms with E-state index in [4.69, 9.17) is 66.3 Å². The van der Waals surface area contributed by atoms with Crippen LogP contribution in [-0.2, 0) is 75.9 Å². The van der Waals surface area contributed by atoms with E-state index >= 15 is 0 Å². The van der Waals surface area contributed by atoms with Crippen molar-refractivity contribution in [3.05, 3.63) is 23.8 Å². The van der Waals surface area contributed by atoms with Crippen molar-refractivity contribution in [2.75, 3.05) is 39.6 Å². The minimum atomic E-state index is -2.15. The molecule has 29 heteroatoms. The van der Waals surface area contributed by atoms with Gasteiger partial charge in [0.05, 0.1) is 76.1 Å². The fourth-order valence-corrected chi connectivity index (χ4v) is 16.6. The number of rotatable bonds is 14. The molecule has 0 amide bonds. The van der Waals surface area contributed by atoms with Crippen LogP contribution in [0.25, 0.3) is 0 Å². The Hall–Kier alpha value is -2.58. The zero-order chi connectivity index (χ0) is 62.7. The van der Waals surface area contributed by atoms with Crippen LogP contribution >= 0.6 is 0 Å². The minimum Gasteiger partial charge on any atom is -0.465 e. The van der Waals surface area contributed by atoms with Gasteiger partial charge < -0.3 is 133 Å². The van der Waals surface area contributed by atoms with Crippen LogP contribution < -0.4 is 0 Å². The molecule has 0 aromatic heterocycles. The highest BCUT2D eigenvalue weighted by molar-refractivity contribution is 5.66. The van der Waals surface area contributed by atoms with Gasteiger partial charge in [-0.3, -0.25) is 9.59 Å². The maximum Gasteiger partial charge on any atom is 0.303 e. The van der Waals surface area contributed by atoms with Gasteiger partial charge in [0.15, 0.2) is 37.6 Å². The van der Waals surface area contributed by atoms with E-state index < -0.39 is 220 Å². The first kappa shape index (κ1) is 65.9. The molecule has 11 rings (SSSR count). The Morgan fingerprint density at radius 3 is 2.06 bits per heavy atom. The molecule has 7 heterocycles. The number of carbonyl (C=O) groups is 2. The fraction of sp³-hybridized carbons (Fsp3) is 0.897. The Morgan fingerprint density at radius 1 is 0.690 bits per heavy atom. The van der Waals surface area contributed by atoms with E-state index in [1.165, 1.54) is 20.8 Å². The molecule has 5 unspecified atom stereocenters. The lowest BCUT2D eigenvalue weighted by Crippen LogP contribution is -2.66. The van der Waals surface area contributed by atoms with Gasteiger partial charge in [0, 0.05) is 31.6 Å². The normalized spacial score (nSPS) is 54.1. The summed E-state index contributed by atoms with van der Waals surface area (Å²) in [6, 6.07) is 0. The van der Waals surface area contributed by atoms with Crippen LogP contribution in [0.3, 0.4) is 0 Å². The summed E-state index contributed by atoms with van der Waals surface area (Å²) in [5.41, 5.74) is -2.31. The summed E-state index contributed by atoms with van der Waals surface area (Å²) in [5, 5.41) is 144. The zero-order valence-corrected chi connectivity index (χ0v) is 49.4. The van der Waals surface area contributed by atoms with Crippen molar-refractivity contribution in [2.45, 2.75) is 245 Å². The highest BCUT2D eigenvalue weighted by Gasteiger charge is 2.74. The lowest BCUT2D eigenvalue weighted by Gasteiger charge is -2.61. The van der Waals surface area contributed by atoms with E-state index in [2.05, 4.69) is 26.5 Å². The Morgan fingerprint density at radius 2 is 1.36 bits per heavy atom. The second-order valence-electron chi connectivity index (χ2n) is 26.5. The third kappa shape index (κ3) is 11.5. The number of hydrogen-bond acceptors (Lipinski definition) is 29. The van der Waals surface area contributed by atoms with Crippen LogP contribution in [0.1, 0.15) is 80.1 Å². The molecule has 494 valence electrons. The van der Waals surface area contributed by atoms with E-state index in [0.717, 1.165) is 12.5 Å². The van der Waals surface area contributed by atoms with Crippen LogP contribution in [-0.4, -0.2) is 283 Å². The molecule has 29 nitrogen and oxygen atoms in total. The van der Waals surface area contributed by atoms with Crippen molar-refractivity contribution in [2.24, 2.45) is 40.4 Å². The minimum absolute atomic E-state index is 0.0471. The van der Waals surface area contributed by atoms with Crippen molar-refractivity contribution in [1.82, 2.24) is 0 Å². The van der Waals surface area contributed by atoms with Gasteiger partial charge in [0.1, 0.15) is 91.1 Å². The number of allylic oxidation sites excluding steroid dienone is 1. The van der Waals surface area contributed by atoms with Crippen molar-refractivity contribution >= 4 is 11.9 Å². The van der Waals surface area contributed by atoms with Crippen LogP contribution in [0.4, 0.5) is 0 Å². The van der Waals surface area contributed by atoms with Gasteiger partial charge in [-0.05, 0) is 74.7 Å². The maximum absolute atomic E-state index is 12.7. The van der Waals surface area contributed by atoms with E-state index in [9.17, 15) is 76.0 Å². The van der Waals surface area contributed by atoms with Crippen LogP contribution in [0, 0.1) is 40.4 Å². The highest BCUT2D eigenvalue weighted by atomic mass is 16.8. The molecule has 87 heavy (non-hydrogen) atoms. The van der Waals surface area contributed by atoms with Crippen LogP contribution in [0.15, 0.2) is 23.8 Å². The summed E-state index contributed by atoms with van der Waals surface area (Å²) in [6.07, 6.45) is -32.1.